The Hall–Kier alpha value is -1.69. The molecule has 23 heavy (non-hydrogen) atoms. The van der Waals surface area contributed by atoms with Gasteiger partial charge in [0, 0.05) is 31.3 Å². The van der Waals surface area contributed by atoms with Crippen molar-refractivity contribution < 1.29 is 9.53 Å². The number of fused-ring (bicyclic) bond motifs is 1. The van der Waals surface area contributed by atoms with Crippen LogP contribution in [0.3, 0.4) is 0 Å². The molecule has 1 aliphatic carbocycles. The van der Waals surface area contributed by atoms with Gasteiger partial charge in [0.15, 0.2) is 0 Å². The van der Waals surface area contributed by atoms with Crippen molar-refractivity contribution in [2.45, 2.75) is 64.7 Å². The number of aromatic nitrogens is 2. The highest BCUT2D eigenvalue weighted by atomic mass is 16.5. The van der Waals surface area contributed by atoms with Gasteiger partial charge in [-0.2, -0.15) is 0 Å². The summed E-state index contributed by atoms with van der Waals surface area (Å²) in [6, 6.07) is 0.0581. The van der Waals surface area contributed by atoms with E-state index >= 15 is 0 Å². The molecule has 1 saturated heterocycles. The molecular formula is C17H26N4O2. The number of rotatable bonds is 3. The molecule has 3 atom stereocenters. The summed E-state index contributed by atoms with van der Waals surface area (Å²) in [6.07, 6.45) is 5.76. The summed E-state index contributed by atoms with van der Waals surface area (Å²) in [5.74, 6) is 0.871. The van der Waals surface area contributed by atoms with Crippen molar-refractivity contribution in [3.8, 4) is 0 Å². The largest absolute Gasteiger partial charge is 0.372 e. The number of anilines is 1. The van der Waals surface area contributed by atoms with E-state index in [4.69, 9.17) is 9.72 Å². The monoisotopic (exact) mass is 318 g/mol. The molecule has 0 saturated carbocycles. The summed E-state index contributed by atoms with van der Waals surface area (Å²) in [7, 11) is 0. The molecule has 0 radical (unpaired) electrons. The maximum atomic E-state index is 11.7. The molecule has 1 N–H and O–H groups in total. The van der Waals surface area contributed by atoms with Crippen LogP contribution in [0.15, 0.2) is 6.20 Å². The van der Waals surface area contributed by atoms with Crippen LogP contribution in [0, 0.1) is 0 Å². The predicted molar refractivity (Wildman–Crippen MR) is 88.4 cm³/mol. The number of carbonyl (C=O) groups excluding carboxylic acids is 1. The predicted octanol–water partition coefficient (Wildman–Crippen LogP) is 1.99. The van der Waals surface area contributed by atoms with Gasteiger partial charge in [-0.05, 0) is 33.1 Å². The van der Waals surface area contributed by atoms with Gasteiger partial charge in [-0.15, -0.1) is 0 Å². The molecule has 2 heterocycles. The molecule has 0 bridgehead atoms. The van der Waals surface area contributed by atoms with E-state index in [2.05, 4.69) is 29.0 Å². The van der Waals surface area contributed by atoms with E-state index in [0.717, 1.165) is 49.6 Å². The second-order valence-corrected chi connectivity index (χ2v) is 6.60. The van der Waals surface area contributed by atoms with Crippen LogP contribution in [0.2, 0.25) is 0 Å². The quantitative estimate of drug-likeness (QED) is 0.923. The minimum Gasteiger partial charge on any atom is -0.372 e. The molecule has 1 aromatic rings. The SMILES string of the molecule is CCC(=O)N[C@H]1CCCc2nc(N3C[C@@H](C)O[C@@H](C)C3)ncc21. The highest BCUT2D eigenvalue weighted by Crippen LogP contribution is 2.29. The minimum absolute atomic E-state index is 0.0581. The Morgan fingerprint density at radius 2 is 2.13 bits per heavy atom. The van der Waals surface area contributed by atoms with Gasteiger partial charge >= 0.3 is 0 Å². The third-order valence-corrected chi connectivity index (χ3v) is 4.53. The molecule has 3 rings (SSSR count). The maximum absolute atomic E-state index is 11.7. The summed E-state index contributed by atoms with van der Waals surface area (Å²) in [4.78, 5) is 23.3. The van der Waals surface area contributed by atoms with E-state index in [1.54, 1.807) is 0 Å². The third-order valence-electron chi connectivity index (χ3n) is 4.53. The van der Waals surface area contributed by atoms with Gasteiger partial charge in [-0.1, -0.05) is 6.92 Å². The maximum Gasteiger partial charge on any atom is 0.225 e. The second kappa shape index (κ2) is 6.83. The third kappa shape index (κ3) is 3.63. The van der Waals surface area contributed by atoms with Gasteiger partial charge in [0.25, 0.3) is 0 Å². The van der Waals surface area contributed by atoms with Crippen LogP contribution in [0.5, 0.6) is 0 Å². The summed E-state index contributed by atoms with van der Waals surface area (Å²) in [5.41, 5.74) is 2.16. The number of aryl methyl sites for hydroxylation is 1. The van der Waals surface area contributed by atoms with E-state index < -0.39 is 0 Å². The highest BCUT2D eigenvalue weighted by Gasteiger charge is 2.27. The zero-order chi connectivity index (χ0) is 16.4. The van der Waals surface area contributed by atoms with Crippen LogP contribution in [-0.4, -0.2) is 41.2 Å². The zero-order valence-electron chi connectivity index (χ0n) is 14.2. The van der Waals surface area contributed by atoms with Crippen LogP contribution < -0.4 is 10.2 Å². The minimum atomic E-state index is 0.0581. The molecule has 126 valence electrons. The van der Waals surface area contributed by atoms with Crippen LogP contribution in [0.4, 0.5) is 5.95 Å². The zero-order valence-corrected chi connectivity index (χ0v) is 14.2. The fraction of sp³-hybridized carbons (Fsp3) is 0.706. The number of carbonyl (C=O) groups is 1. The standard InChI is InChI=1S/C17H26N4O2/c1-4-16(22)19-14-6-5-7-15-13(14)8-18-17(20-15)21-9-11(2)23-12(3)10-21/h8,11-12,14H,4-7,9-10H2,1-3H3,(H,19,22)/t11-,12+,14-/m0/s1. The lowest BCUT2D eigenvalue weighted by atomic mass is 9.92. The van der Waals surface area contributed by atoms with Crippen molar-refractivity contribution in [1.82, 2.24) is 15.3 Å². The summed E-state index contributed by atoms with van der Waals surface area (Å²) in [6.45, 7) is 7.67. The smallest absolute Gasteiger partial charge is 0.225 e. The first-order chi connectivity index (χ1) is 11.1. The molecular weight excluding hydrogens is 292 g/mol. The van der Waals surface area contributed by atoms with Gasteiger partial charge in [0.1, 0.15) is 0 Å². The van der Waals surface area contributed by atoms with E-state index in [9.17, 15) is 4.79 Å². The lowest BCUT2D eigenvalue weighted by molar-refractivity contribution is -0.121. The second-order valence-electron chi connectivity index (χ2n) is 6.60. The summed E-state index contributed by atoms with van der Waals surface area (Å²) >= 11 is 0. The molecule has 1 aromatic heterocycles. The first-order valence-corrected chi connectivity index (χ1v) is 8.62. The molecule has 1 amide bonds. The average molecular weight is 318 g/mol. The number of ether oxygens (including phenoxy) is 1. The Bertz CT molecular complexity index is 568. The van der Waals surface area contributed by atoms with Crippen LogP contribution in [0.1, 0.15) is 57.3 Å². The molecule has 1 fully saturated rings. The Labute approximate surface area is 137 Å². The summed E-state index contributed by atoms with van der Waals surface area (Å²) in [5, 5.41) is 3.09. The Kier molecular flexibility index (Phi) is 4.80. The lowest BCUT2D eigenvalue weighted by Crippen LogP contribution is -2.46. The van der Waals surface area contributed by atoms with Gasteiger partial charge < -0.3 is 15.0 Å². The Morgan fingerprint density at radius 3 is 2.83 bits per heavy atom. The van der Waals surface area contributed by atoms with Crippen molar-refractivity contribution in [2.24, 2.45) is 0 Å². The molecule has 6 heteroatoms. The normalized spacial score (nSPS) is 27.4. The van der Waals surface area contributed by atoms with Gasteiger partial charge in [-0.25, -0.2) is 9.97 Å². The van der Waals surface area contributed by atoms with Gasteiger partial charge in [0.05, 0.1) is 23.9 Å². The van der Waals surface area contributed by atoms with E-state index in [1.807, 2.05) is 13.1 Å². The van der Waals surface area contributed by atoms with Crippen molar-refractivity contribution in [3.63, 3.8) is 0 Å². The van der Waals surface area contributed by atoms with E-state index in [1.165, 1.54) is 0 Å². The fourth-order valence-electron chi connectivity index (χ4n) is 3.48. The van der Waals surface area contributed by atoms with Gasteiger partial charge in [-0.3, -0.25) is 4.79 Å². The molecule has 0 spiro atoms. The van der Waals surface area contributed by atoms with Crippen molar-refractivity contribution in [2.75, 3.05) is 18.0 Å². The van der Waals surface area contributed by atoms with Crippen LogP contribution in [0.25, 0.3) is 0 Å². The molecule has 0 aromatic carbocycles. The van der Waals surface area contributed by atoms with Crippen molar-refractivity contribution >= 4 is 11.9 Å². The van der Waals surface area contributed by atoms with Crippen LogP contribution >= 0.6 is 0 Å². The number of morpholine rings is 1. The molecule has 0 unspecified atom stereocenters. The number of nitrogens with one attached hydrogen (secondary N) is 1. The topological polar surface area (TPSA) is 67.4 Å². The van der Waals surface area contributed by atoms with Crippen molar-refractivity contribution in [1.29, 1.82) is 0 Å². The highest BCUT2D eigenvalue weighted by molar-refractivity contribution is 5.76. The fourth-order valence-corrected chi connectivity index (χ4v) is 3.48. The van der Waals surface area contributed by atoms with E-state index in [-0.39, 0.29) is 24.2 Å². The average Bonchev–Trinajstić information content (AvgIpc) is 2.53. The summed E-state index contributed by atoms with van der Waals surface area (Å²) < 4.78 is 5.78. The molecule has 1 aliphatic heterocycles. The number of nitrogens with zero attached hydrogens (tertiary/aromatic N) is 3. The van der Waals surface area contributed by atoms with E-state index in [0.29, 0.717) is 6.42 Å². The van der Waals surface area contributed by atoms with Crippen LogP contribution in [-0.2, 0) is 16.0 Å². The number of hydrogen-bond donors (Lipinski definition) is 1. The Morgan fingerprint density at radius 1 is 1.39 bits per heavy atom. The molecule has 6 nitrogen and oxygen atoms in total. The first kappa shape index (κ1) is 16.2. The lowest BCUT2D eigenvalue weighted by Gasteiger charge is -2.36. The number of hydrogen-bond acceptors (Lipinski definition) is 5. The first-order valence-electron chi connectivity index (χ1n) is 8.62. The van der Waals surface area contributed by atoms with Crippen molar-refractivity contribution in [3.05, 3.63) is 17.5 Å². The number of amides is 1. The Balaban J connectivity index is 1.80. The van der Waals surface area contributed by atoms with Gasteiger partial charge in [0.2, 0.25) is 11.9 Å². The molecule has 2 aliphatic rings.